The van der Waals surface area contributed by atoms with Crippen LogP contribution in [0.3, 0.4) is 0 Å². The molecule has 0 aliphatic carbocycles. The first-order chi connectivity index (χ1) is 13.3. The van der Waals surface area contributed by atoms with Crippen LogP contribution in [0, 0.1) is 0 Å². The third-order valence-electron chi connectivity index (χ3n) is 4.25. The Labute approximate surface area is 165 Å². The van der Waals surface area contributed by atoms with Gasteiger partial charge in [0.25, 0.3) is 5.56 Å². The Kier molecular flexibility index (Phi) is 5.38. The second kappa shape index (κ2) is 8.08. The summed E-state index contributed by atoms with van der Waals surface area (Å²) < 4.78 is 1.72. The molecule has 136 valence electrons. The number of hydrogen-bond donors (Lipinski definition) is 1. The summed E-state index contributed by atoms with van der Waals surface area (Å²) in [7, 11) is 0. The van der Waals surface area contributed by atoms with Crippen molar-refractivity contribution in [3.05, 3.63) is 82.0 Å². The fraction of sp³-hybridized carbons (Fsp3) is 0.143. The standard InChI is InChI=1S/C21H18N2O2S2/c24-11-12-26-21-22-19-18(17(14-27-19)16-9-5-2-6-10-16)20(25)23(21)13-15-7-3-1-4-8-15/h1-10,14,24H,11-13H2. The Balaban J connectivity index is 1.90. The van der Waals surface area contributed by atoms with Crippen molar-refractivity contribution in [1.82, 2.24) is 9.55 Å². The molecule has 2 aromatic carbocycles. The van der Waals surface area contributed by atoms with Crippen molar-refractivity contribution in [1.29, 1.82) is 0 Å². The number of aliphatic hydroxyl groups excluding tert-OH is 1. The Hall–Kier alpha value is -2.41. The van der Waals surface area contributed by atoms with Crippen molar-refractivity contribution in [2.45, 2.75) is 11.7 Å². The second-order valence-corrected chi connectivity index (χ2v) is 7.96. The maximum Gasteiger partial charge on any atom is 0.263 e. The van der Waals surface area contributed by atoms with Crippen LogP contribution in [-0.2, 0) is 6.54 Å². The van der Waals surface area contributed by atoms with Crippen molar-refractivity contribution in [2.24, 2.45) is 0 Å². The van der Waals surface area contributed by atoms with E-state index in [1.807, 2.05) is 66.0 Å². The van der Waals surface area contributed by atoms with Gasteiger partial charge in [0.1, 0.15) is 4.83 Å². The third-order valence-corrected chi connectivity index (χ3v) is 6.08. The van der Waals surface area contributed by atoms with Gasteiger partial charge < -0.3 is 5.11 Å². The van der Waals surface area contributed by atoms with Crippen LogP contribution in [0.2, 0.25) is 0 Å². The highest BCUT2D eigenvalue weighted by Gasteiger charge is 2.17. The molecule has 4 rings (SSSR count). The smallest absolute Gasteiger partial charge is 0.263 e. The number of fused-ring (bicyclic) bond motifs is 1. The van der Waals surface area contributed by atoms with E-state index in [1.54, 1.807) is 4.57 Å². The third kappa shape index (κ3) is 3.69. The molecule has 4 nitrogen and oxygen atoms in total. The summed E-state index contributed by atoms with van der Waals surface area (Å²) in [6.07, 6.45) is 0. The molecule has 0 spiro atoms. The summed E-state index contributed by atoms with van der Waals surface area (Å²) in [5.74, 6) is 0.504. The molecule has 0 bridgehead atoms. The van der Waals surface area contributed by atoms with Gasteiger partial charge in [0.2, 0.25) is 0 Å². The minimum atomic E-state index is -0.0376. The minimum absolute atomic E-state index is 0.0376. The Morgan fingerprint density at radius 2 is 1.74 bits per heavy atom. The minimum Gasteiger partial charge on any atom is -0.396 e. The van der Waals surface area contributed by atoms with E-state index < -0.39 is 0 Å². The molecular weight excluding hydrogens is 376 g/mol. The first-order valence-corrected chi connectivity index (χ1v) is 10.5. The highest BCUT2D eigenvalue weighted by molar-refractivity contribution is 7.99. The van der Waals surface area contributed by atoms with E-state index in [-0.39, 0.29) is 12.2 Å². The lowest BCUT2D eigenvalue weighted by molar-refractivity contribution is 0.322. The first-order valence-electron chi connectivity index (χ1n) is 8.63. The van der Waals surface area contributed by atoms with E-state index in [2.05, 4.69) is 0 Å². The molecule has 0 unspecified atom stereocenters. The summed E-state index contributed by atoms with van der Waals surface area (Å²) in [5.41, 5.74) is 2.95. The molecule has 2 heterocycles. The van der Waals surface area contributed by atoms with Crippen LogP contribution in [0.25, 0.3) is 21.3 Å². The Morgan fingerprint density at radius 1 is 1.04 bits per heavy atom. The lowest BCUT2D eigenvalue weighted by Crippen LogP contribution is -2.24. The molecule has 1 N–H and O–H groups in total. The number of aromatic nitrogens is 2. The van der Waals surface area contributed by atoms with E-state index in [0.29, 0.717) is 22.8 Å². The molecule has 0 aliphatic rings. The summed E-state index contributed by atoms with van der Waals surface area (Å²) in [4.78, 5) is 18.9. The maximum absolute atomic E-state index is 13.4. The van der Waals surface area contributed by atoms with Crippen LogP contribution >= 0.6 is 23.1 Å². The van der Waals surface area contributed by atoms with Gasteiger partial charge in [-0.2, -0.15) is 0 Å². The van der Waals surface area contributed by atoms with Gasteiger partial charge in [0.05, 0.1) is 18.5 Å². The molecular formula is C21H18N2O2S2. The zero-order valence-corrected chi connectivity index (χ0v) is 16.2. The Morgan fingerprint density at radius 3 is 2.44 bits per heavy atom. The van der Waals surface area contributed by atoms with Crippen LogP contribution in [0.5, 0.6) is 0 Å². The van der Waals surface area contributed by atoms with Crippen LogP contribution in [-0.4, -0.2) is 27.0 Å². The fourth-order valence-corrected chi connectivity index (χ4v) is 4.72. The number of rotatable bonds is 6. The average Bonchev–Trinajstić information content (AvgIpc) is 3.14. The zero-order valence-electron chi connectivity index (χ0n) is 14.5. The molecule has 0 fully saturated rings. The highest BCUT2D eigenvalue weighted by Crippen LogP contribution is 2.32. The molecule has 4 aromatic rings. The summed E-state index contributed by atoms with van der Waals surface area (Å²) in [5, 5.41) is 12.5. The largest absolute Gasteiger partial charge is 0.396 e. The van der Waals surface area contributed by atoms with Crippen LogP contribution < -0.4 is 5.56 Å². The van der Waals surface area contributed by atoms with Crippen LogP contribution in [0.1, 0.15) is 5.56 Å². The van der Waals surface area contributed by atoms with Crippen molar-refractivity contribution in [2.75, 3.05) is 12.4 Å². The first kappa shape index (κ1) is 18.0. The number of benzene rings is 2. The lowest BCUT2D eigenvalue weighted by atomic mass is 10.1. The van der Waals surface area contributed by atoms with Crippen LogP contribution in [0.15, 0.2) is 76.0 Å². The number of aliphatic hydroxyl groups is 1. The summed E-state index contributed by atoms with van der Waals surface area (Å²) in [6, 6.07) is 19.8. The van der Waals surface area contributed by atoms with E-state index >= 15 is 0 Å². The van der Waals surface area contributed by atoms with Crippen molar-refractivity contribution < 1.29 is 5.11 Å². The van der Waals surface area contributed by atoms with E-state index in [1.165, 1.54) is 23.1 Å². The predicted octanol–water partition coefficient (Wildman–Crippen LogP) is 4.26. The summed E-state index contributed by atoms with van der Waals surface area (Å²) in [6.45, 7) is 0.504. The topological polar surface area (TPSA) is 55.1 Å². The van der Waals surface area contributed by atoms with Crippen molar-refractivity contribution >= 4 is 33.3 Å². The SMILES string of the molecule is O=c1c2c(-c3ccccc3)csc2nc(SCCO)n1Cc1ccccc1. The molecule has 0 radical (unpaired) electrons. The molecule has 0 amide bonds. The average molecular weight is 395 g/mol. The normalized spacial score (nSPS) is 11.1. The Bertz CT molecular complexity index is 1110. The maximum atomic E-state index is 13.4. The van der Waals surface area contributed by atoms with Gasteiger partial charge in [-0.05, 0) is 11.1 Å². The molecule has 27 heavy (non-hydrogen) atoms. The number of thioether (sulfide) groups is 1. The van der Waals surface area contributed by atoms with Gasteiger partial charge in [-0.25, -0.2) is 4.98 Å². The van der Waals surface area contributed by atoms with Crippen LogP contribution in [0.4, 0.5) is 0 Å². The molecule has 0 saturated carbocycles. The number of thiophene rings is 1. The molecule has 0 saturated heterocycles. The van der Waals surface area contributed by atoms with Crippen molar-refractivity contribution in [3.63, 3.8) is 0 Å². The zero-order chi connectivity index (χ0) is 18.6. The van der Waals surface area contributed by atoms with Gasteiger partial charge in [-0.1, -0.05) is 72.4 Å². The molecule has 0 aliphatic heterocycles. The van der Waals surface area contributed by atoms with Gasteiger partial charge >= 0.3 is 0 Å². The summed E-state index contributed by atoms with van der Waals surface area (Å²) >= 11 is 2.89. The highest BCUT2D eigenvalue weighted by atomic mass is 32.2. The lowest BCUT2D eigenvalue weighted by Gasteiger charge is -2.12. The van der Waals surface area contributed by atoms with Gasteiger partial charge in [0.15, 0.2) is 5.16 Å². The van der Waals surface area contributed by atoms with Crippen molar-refractivity contribution in [3.8, 4) is 11.1 Å². The molecule has 0 atom stereocenters. The van der Waals surface area contributed by atoms with Gasteiger partial charge in [-0.15, -0.1) is 11.3 Å². The molecule has 6 heteroatoms. The fourth-order valence-electron chi connectivity index (χ4n) is 2.99. The molecule has 2 aromatic heterocycles. The predicted molar refractivity (Wildman–Crippen MR) is 113 cm³/mol. The quantitative estimate of drug-likeness (QED) is 0.392. The number of hydrogen-bond acceptors (Lipinski definition) is 5. The van der Waals surface area contributed by atoms with E-state index in [9.17, 15) is 9.90 Å². The monoisotopic (exact) mass is 394 g/mol. The van der Waals surface area contributed by atoms with E-state index in [0.717, 1.165) is 21.5 Å². The number of nitrogens with zero attached hydrogens (tertiary/aromatic N) is 2. The van der Waals surface area contributed by atoms with E-state index in [4.69, 9.17) is 4.98 Å². The van der Waals surface area contributed by atoms with Gasteiger partial charge in [-0.3, -0.25) is 9.36 Å². The second-order valence-electron chi connectivity index (χ2n) is 6.04. The van der Waals surface area contributed by atoms with Gasteiger partial charge in [0, 0.05) is 16.7 Å².